The van der Waals surface area contributed by atoms with E-state index in [9.17, 15) is 0 Å². The third kappa shape index (κ3) is 2.66. The van der Waals surface area contributed by atoms with Crippen molar-refractivity contribution >= 4 is 5.82 Å². The topological polar surface area (TPSA) is 67.9 Å². The molecule has 6 nitrogen and oxygen atoms in total. The van der Waals surface area contributed by atoms with E-state index < -0.39 is 0 Å². The Labute approximate surface area is 152 Å². The molecule has 3 aromatic rings. The highest BCUT2D eigenvalue weighted by molar-refractivity contribution is 5.56. The molecule has 0 N–H and O–H groups in total. The number of hydrogen-bond donors (Lipinski definition) is 0. The molecule has 3 aromatic heterocycles. The van der Waals surface area contributed by atoms with Gasteiger partial charge in [-0.25, -0.2) is 4.98 Å². The normalized spacial score (nSPS) is 18.7. The number of piperidine rings is 1. The minimum atomic E-state index is -0.201. The SMILES string of the molecule is c1ccc(C2(c3nc(-c4ccc(N5CCCCC5)nc4)no3)CC2)nc1. The van der Waals surface area contributed by atoms with E-state index in [-0.39, 0.29) is 5.41 Å². The summed E-state index contributed by atoms with van der Waals surface area (Å²) < 4.78 is 5.61. The van der Waals surface area contributed by atoms with Crippen molar-refractivity contribution in [2.75, 3.05) is 18.0 Å². The van der Waals surface area contributed by atoms with Crippen molar-refractivity contribution in [2.45, 2.75) is 37.5 Å². The van der Waals surface area contributed by atoms with Crippen molar-refractivity contribution in [3.63, 3.8) is 0 Å². The van der Waals surface area contributed by atoms with Crippen LogP contribution >= 0.6 is 0 Å². The zero-order chi connectivity index (χ0) is 17.4. The Morgan fingerprint density at radius 1 is 0.962 bits per heavy atom. The summed E-state index contributed by atoms with van der Waals surface area (Å²) in [6.07, 6.45) is 9.46. The van der Waals surface area contributed by atoms with Gasteiger partial charge >= 0.3 is 0 Å². The predicted octanol–water partition coefficient (Wildman–Crippen LogP) is 3.60. The summed E-state index contributed by atoms with van der Waals surface area (Å²) in [6, 6.07) is 10.1. The number of aromatic nitrogens is 4. The zero-order valence-corrected chi connectivity index (χ0v) is 14.6. The van der Waals surface area contributed by atoms with E-state index in [1.54, 1.807) is 0 Å². The van der Waals surface area contributed by atoms with Crippen LogP contribution in [0.1, 0.15) is 43.7 Å². The Balaban J connectivity index is 1.39. The molecule has 0 aromatic carbocycles. The molecule has 6 heteroatoms. The number of nitrogens with zero attached hydrogens (tertiary/aromatic N) is 5. The van der Waals surface area contributed by atoms with Gasteiger partial charge in [-0.05, 0) is 56.4 Å². The standard InChI is InChI=1S/C20H21N5O/c1-4-12-25(13-5-1)17-8-7-15(14-22-17)18-23-19(26-24-18)20(9-10-20)16-6-2-3-11-21-16/h2-3,6-8,11,14H,1,4-5,9-10,12-13H2. The van der Waals surface area contributed by atoms with Gasteiger partial charge in [0, 0.05) is 31.0 Å². The lowest BCUT2D eigenvalue weighted by atomic mass is 10.0. The summed E-state index contributed by atoms with van der Waals surface area (Å²) in [5, 5.41) is 4.19. The van der Waals surface area contributed by atoms with Crippen LogP contribution in [0.3, 0.4) is 0 Å². The summed E-state index contributed by atoms with van der Waals surface area (Å²) in [7, 11) is 0. The molecular weight excluding hydrogens is 326 g/mol. The van der Waals surface area contributed by atoms with E-state index in [1.165, 1.54) is 19.3 Å². The second kappa shape index (κ2) is 6.20. The van der Waals surface area contributed by atoms with Gasteiger partial charge in [-0.15, -0.1) is 0 Å². The van der Waals surface area contributed by atoms with Gasteiger partial charge in [0.15, 0.2) is 0 Å². The Bertz CT molecular complexity index is 880. The highest BCUT2D eigenvalue weighted by Crippen LogP contribution is 2.52. The van der Waals surface area contributed by atoms with E-state index >= 15 is 0 Å². The highest BCUT2D eigenvalue weighted by atomic mass is 16.5. The Morgan fingerprint density at radius 3 is 2.54 bits per heavy atom. The monoisotopic (exact) mass is 347 g/mol. The van der Waals surface area contributed by atoms with E-state index in [2.05, 4.69) is 31.1 Å². The van der Waals surface area contributed by atoms with Crippen LogP contribution in [0.5, 0.6) is 0 Å². The molecule has 0 spiro atoms. The van der Waals surface area contributed by atoms with Crippen LogP contribution in [0.4, 0.5) is 5.82 Å². The molecule has 4 heterocycles. The molecule has 0 unspecified atom stereocenters. The Morgan fingerprint density at radius 2 is 1.85 bits per heavy atom. The van der Waals surface area contributed by atoms with E-state index in [4.69, 9.17) is 4.52 Å². The molecule has 26 heavy (non-hydrogen) atoms. The number of pyridine rings is 2. The molecule has 132 valence electrons. The zero-order valence-electron chi connectivity index (χ0n) is 14.6. The summed E-state index contributed by atoms with van der Waals surface area (Å²) >= 11 is 0. The first-order valence-corrected chi connectivity index (χ1v) is 9.32. The van der Waals surface area contributed by atoms with E-state index in [0.717, 1.165) is 43.0 Å². The largest absolute Gasteiger partial charge is 0.357 e. The lowest BCUT2D eigenvalue weighted by Crippen LogP contribution is -2.29. The van der Waals surface area contributed by atoms with Crippen molar-refractivity contribution < 1.29 is 4.52 Å². The number of hydrogen-bond acceptors (Lipinski definition) is 6. The molecule has 2 aliphatic rings. The quantitative estimate of drug-likeness (QED) is 0.718. The minimum absolute atomic E-state index is 0.201. The van der Waals surface area contributed by atoms with Crippen LogP contribution in [0.15, 0.2) is 47.2 Å². The van der Waals surface area contributed by atoms with Crippen molar-refractivity contribution in [1.82, 2.24) is 20.1 Å². The average molecular weight is 347 g/mol. The fraction of sp³-hybridized carbons (Fsp3) is 0.400. The van der Waals surface area contributed by atoms with Gasteiger partial charge in [0.2, 0.25) is 11.7 Å². The molecule has 1 aliphatic carbocycles. The lowest BCUT2D eigenvalue weighted by Gasteiger charge is -2.27. The fourth-order valence-corrected chi connectivity index (χ4v) is 3.71. The van der Waals surface area contributed by atoms with E-state index in [1.807, 2.05) is 36.7 Å². The molecule has 2 fully saturated rings. The van der Waals surface area contributed by atoms with Crippen LogP contribution in [0.2, 0.25) is 0 Å². The van der Waals surface area contributed by atoms with Crippen molar-refractivity contribution in [1.29, 1.82) is 0 Å². The Hall–Kier alpha value is -2.76. The third-order valence-corrected chi connectivity index (χ3v) is 5.43. The van der Waals surface area contributed by atoms with Crippen molar-refractivity contribution in [3.05, 3.63) is 54.3 Å². The second-order valence-corrected chi connectivity index (χ2v) is 7.17. The molecule has 0 amide bonds. The van der Waals surface area contributed by atoms with Gasteiger partial charge < -0.3 is 9.42 Å². The van der Waals surface area contributed by atoms with E-state index in [0.29, 0.717) is 11.7 Å². The third-order valence-electron chi connectivity index (χ3n) is 5.43. The minimum Gasteiger partial charge on any atom is -0.357 e. The van der Waals surface area contributed by atoms with Gasteiger partial charge in [-0.3, -0.25) is 4.98 Å². The maximum Gasteiger partial charge on any atom is 0.239 e. The fourth-order valence-electron chi connectivity index (χ4n) is 3.71. The van der Waals surface area contributed by atoms with Crippen molar-refractivity contribution in [3.8, 4) is 11.4 Å². The van der Waals surface area contributed by atoms with Crippen LogP contribution in [-0.4, -0.2) is 33.2 Å². The van der Waals surface area contributed by atoms with Crippen LogP contribution in [-0.2, 0) is 5.41 Å². The first kappa shape index (κ1) is 15.5. The number of rotatable bonds is 4. The summed E-state index contributed by atoms with van der Waals surface area (Å²) in [6.45, 7) is 2.18. The highest BCUT2D eigenvalue weighted by Gasteiger charge is 2.52. The van der Waals surface area contributed by atoms with Gasteiger partial charge in [-0.1, -0.05) is 11.2 Å². The first-order chi connectivity index (χ1) is 12.9. The summed E-state index contributed by atoms with van der Waals surface area (Å²) in [5.74, 6) is 2.29. The summed E-state index contributed by atoms with van der Waals surface area (Å²) in [4.78, 5) is 16.1. The van der Waals surface area contributed by atoms with Crippen LogP contribution < -0.4 is 4.90 Å². The smallest absolute Gasteiger partial charge is 0.239 e. The molecule has 1 saturated carbocycles. The van der Waals surface area contributed by atoms with Crippen LogP contribution in [0.25, 0.3) is 11.4 Å². The molecule has 5 rings (SSSR count). The number of anilines is 1. The maximum absolute atomic E-state index is 5.61. The van der Waals surface area contributed by atoms with Crippen LogP contribution in [0, 0.1) is 0 Å². The summed E-state index contributed by atoms with van der Waals surface area (Å²) in [5.41, 5.74) is 1.69. The van der Waals surface area contributed by atoms with Gasteiger partial charge in [0.1, 0.15) is 5.82 Å². The lowest BCUT2D eigenvalue weighted by molar-refractivity contribution is 0.358. The molecule has 0 bridgehead atoms. The predicted molar refractivity (Wildman–Crippen MR) is 97.8 cm³/mol. The van der Waals surface area contributed by atoms with Gasteiger partial charge in [-0.2, -0.15) is 4.98 Å². The molecule has 1 saturated heterocycles. The first-order valence-electron chi connectivity index (χ1n) is 9.32. The van der Waals surface area contributed by atoms with Gasteiger partial charge in [0.25, 0.3) is 0 Å². The van der Waals surface area contributed by atoms with Gasteiger partial charge in [0.05, 0.1) is 11.1 Å². The molecule has 1 aliphatic heterocycles. The molecule has 0 radical (unpaired) electrons. The Kier molecular flexibility index (Phi) is 3.69. The second-order valence-electron chi connectivity index (χ2n) is 7.17. The molecule has 0 atom stereocenters. The maximum atomic E-state index is 5.61. The van der Waals surface area contributed by atoms with Crippen molar-refractivity contribution in [2.24, 2.45) is 0 Å². The average Bonchev–Trinajstić information content (AvgIpc) is 3.39. The molecular formula is C20H21N5O.